The third-order valence-electron chi connectivity index (χ3n) is 4.14. The molecule has 0 spiro atoms. The highest BCUT2D eigenvalue weighted by Gasteiger charge is 2.26. The van der Waals surface area contributed by atoms with E-state index in [9.17, 15) is 35.8 Å². The average Bonchev–Trinajstić information content (AvgIpc) is 2.72. The van der Waals surface area contributed by atoms with Gasteiger partial charge in [-0.15, -0.1) is 0 Å². The third-order valence-corrected chi connectivity index (χ3v) is 6.89. The van der Waals surface area contributed by atoms with Crippen LogP contribution in [-0.2, 0) is 20.0 Å². The quantitative estimate of drug-likeness (QED) is 0.376. The van der Waals surface area contributed by atoms with Crippen LogP contribution in [0.15, 0.2) is 64.4 Å². The van der Waals surface area contributed by atoms with Crippen LogP contribution in [0.5, 0.6) is 17.2 Å². The Bertz CT molecular complexity index is 1390. The van der Waals surface area contributed by atoms with Crippen LogP contribution in [0.1, 0.15) is 0 Å². The zero-order chi connectivity index (χ0) is 23.7. The summed E-state index contributed by atoms with van der Waals surface area (Å²) >= 11 is 0. The SMILES string of the molecule is COc1ccc(S(=O)(=O)Nc2cc(F)ccc2O)cc1S(=O)(=O)Nc1cc(F)ccc1O. The van der Waals surface area contributed by atoms with Crippen molar-refractivity contribution in [3.05, 3.63) is 66.2 Å². The summed E-state index contributed by atoms with van der Waals surface area (Å²) in [5, 5.41) is 19.5. The summed E-state index contributed by atoms with van der Waals surface area (Å²) in [7, 11) is -7.91. The smallest absolute Gasteiger partial charge is 0.265 e. The van der Waals surface area contributed by atoms with Gasteiger partial charge >= 0.3 is 0 Å². The highest BCUT2D eigenvalue weighted by Crippen LogP contribution is 2.33. The Morgan fingerprint density at radius 1 is 0.750 bits per heavy atom. The first-order chi connectivity index (χ1) is 14.9. The third kappa shape index (κ3) is 4.84. The molecule has 4 N–H and O–H groups in total. The number of aromatic hydroxyl groups is 2. The lowest BCUT2D eigenvalue weighted by molar-refractivity contribution is 0.402. The summed E-state index contributed by atoms with van der Waals surface area (Å²) in [4.78, 5) is -1.21. The van der Waals surface area contributed by atoms with Crippen LogP contribution in [0.3, 0.4) is 0 Å². The monoisotopic (exact) mass is 486 g/mol. The van der Waals surface area contributed by atoms with Crippen LogP contribution in [-0.4, -0.2) is 34.2 Å². The van der Waals surface area contributed by atoms with Crippen LogP contribution in [0.2, 0.25) is 0 Å². The van der Waals surface area contributed by atoms with Crippen LogP contribution in [0.4, 0.5) is 20.2 Å². The number of nitrogens with one attached hydrogen (secondary N) is 2. The van der Waals surface area contributed by atoms with E-state index in [4.69, 9.17) is 4.74 Å². The zero-order valence-corrected chi connectivity index (χ0v) is 17.8. The number of sulfonamides is 2. The number of halogens is 2. The molecule has 0 aromatic heterocycles. The number of hydrogen-bond donors (Lipinski definition) is 4. The molecule has 0 amide bonds. The standard InChI is InChI=1S/C19H16F2N2O7S2/c1-30-18-7-4-13(31(26,27)22-14-8-11(20)2-5-16(14)24)10-19(18)32(28,29)23-15-9-12(21)3-6-17(15)25/h2-10,22-25H,1H3. The van der Waals surface area contributed by atoms with Gasteiger partial charge in [-0.25, -0.2) is 25.6 Å². The minimum absolute atomic E-state index is 0.249. The zero-order valence-electron chi connectivity index (χ0n) is 16.2. The van der Waals surface area contributed by atoms with Gasteiger partial charge in [0.25, 0.3) is 20.0 Å². The van der Waals surface area contributed by atoms with Gasteiger partial charge in [-0.05, 0) is 42.5 Å². The lowest BCUT2D eigenvalue weighted by Crippen LogP contribution is -2.17. The Morgan fingerprint density at radius 2 is 1.25 bits per heavy atom. The Morgan fingerprint density at radius 3 is 1.75 bits per heavy atom. The second-order valence-electron chi connectivity index (χ2n) is 6.35. The van der Waals surface area contributed by atoms with Gasteiger partial charge in [0.2, 0.25) is 0 Å². The molecule has 0 unspecified atom stereocenters. The molecule has 170 valence electrons. The lowest BCUT2D eigenvalue weighted by atomic mass is 10.3. The van der Waals surface area contributed by atoms with Crippen molar-refractivity contribution in [1.82, 2.24) is 0 Å². The number of benzene rings is 3. The largest absolute Gasteiger partial charge is 0.506 e. The summed E-state index contributed by atoms with van der Waals surface area (Å²) in [5.41, 5.74) is -0.948. The molecule has 0 bridgehead atoms. The molecule has 0 aliphatic carbocycles. The van der Waals surface area contributed by atoms with Gasteiger partial charge in [0.1, 0.15) is 33.8 Å². The molecule has 0 saturated carbocycles. The van der Waals surface area contributed by atoms with Gasteiger partial charge in [0, 0.05) is 12.1 Å². The number of ether oxygens (including phenoxy) is 1. The molecule has 0 saturated heterocycles. The van der Waals surface area contributed by atoms with Crippen molar-refractivity contribution in [3.8, 4) is 17.2 Å². The molecule has 0 atom stereocenters. The van der Waals surface area contributed by atoms with Crippen molar-refractivity contribution in [2.75, 3.05) is 16.6 Å². The summed E-state index contributed by atoms with van der Waals surface area (Å²) in [5.74, 6) is -3.03. The van der Waals surface area contributed by atoms with E-state index in [1.165, 1.54) is 0 Å². The topological polar surface area (TPSA) is 142 Å². The van der Waals surface area contributed by atoms with E-state index < -0.39 is 64.3 Å². The number of phenolic OH excluding ortho intramolecular Hbond substituents is 2. The maximum absolute atomic E-state index is 13.5. The van der Waals surface area contributed by atoms with Gasteiger partial charge in [0.15, 0.2) is 0 Å². The van der Waals surface area contributed by atoms with Gasteiger partial charge < -0.3 is 14.9 Å². The average molecular weight is 486 g/mol. The molecule has 3 aromatic rings. The highest BCUT2D eigenvalue weighted by molar-refractivity contribution is 7.93. The van der Waals surface area contributed by atoms with E-state index in [2.05, 4.69) is 0 Å². The molecule has 3 rings (SSSR count). The molecular formula is C19H16F2N2O7S2. The molecule has 0 heterocycles. The second kappa shape index (κ2) is 8.51. The van der Waals surface area contributed by atoms with E-state index >= 15 is 0 Å². The number of rotatable bonds is 7. The van der Waals surface area contributed by atoms with E-state index in [1.54, 1.807) is 0 Å². The maximum atomic E-state index is 13.5. The molecule has 0 aliphatic heterocycles. The number of anilines is 2. The first kappa shape index (κ1) is 23.1. The molecule has 0 aliphatic rings. The Hall–Kier alpha value is -3.58. The van der Waals surface area contributed by atoms with Crippen LogP contribution >= 0.6 is 0 Å². The Labute approximate surface area is 182 Å². The first-order valence-electron chi connectivity index (χ1n) is 8.63. The fourth-order valence-corrected chi connectivity index (χ4v) is 5.04. The fraction of sp³-hybridized carbons (Fsp3) is 0.0526. The predicted molar refractivity (Wildman–Crippen MR) is 111 cm³/mol. The van der Waals surface area contributed by atoms with Gasteiger partial charge in [-0.3, -0.25) is 9.44 Å². The molecular weight excluding hydrogens is 470 g/mol. The van der Waals surface area contributed by atoms with Crippen LogP contribution in [0.25, 0.3) is 0 Å². The molecule has 13 heteroatoms. The number of methoxy groups -OCH3 is 1. The minimum atomic E-state index is -4.57. The van der Waals surface area contributed by atoms with Gasteiger partial charge in [-0.1, -0.05) is 0 Å². The normalized spacial score (nSPS) is 11.7. The van der Waals surface area contributed by atoms with E-state index in [1.807, 2.05) is 9.44 Å². The van der Waals surface area contributed by atoms with Gasteiger partial charge in [0.05, 0.1) is 23.4 Å². The van der Waals surface area contributed by atoms with E-state index in [0.29, 0.717) is 0 Å². The maximum Gasteiger partial charge on any atom is 0.265 e. The summed E-state index contributed by atoms with van der Waals surface area (Å²) in [6.07, 6.45) is 0. The molecule has 9 nitrogen and oxygen atoms in total. The molecule has 3 aromatic carbocycles. The van der Waals surface area contributed by atoms with Gasteiger partial charge in [-0.2, -0.15) is 0 Å². The molecule has 32 heavy (non-hydrogen) atoms. The summed E-state index contributed by atoms with van der Waals surface area (Å²) in [6.45, 7) is 0. The van der Waals surface area contributed by atoms with E-state index in [0.717, 1.165) is 61.7 Å². The van der Waals surface area contributed by atoms with Crippen LogP contribution in [0, 0.1) is 11.6 Å². The fourth-order valence-electron chi connectivity index (χ4n) is 2.62. The summed E-state index contributed by atoms with van der Waals surface area (Å²) in [6, 6.07) is 7.99. The Kier molecular flexibility index (Phi) is 6.14. The summed E-state index contributed by atoms with van der Waals surface area (Å²) < 4.78 is 86.9. The molecule has 0 fully saturated rings. The van der Waals surface area contributed by atoms with E-state index in [-0.39, 0.29) is 5.75 Å². The van der Waals surface area contributed by atoms with Crippen LogP contribution < -0.4 is 14.2 Å². The number of phenols is 2. The minimum Gasteiger partial charge on any atom is -0.506 e. The second-order valence-corrected chi connectivity index (χ2v) is 9.68. The molecule has 0 radical (unpaired) electrons. The van der Waals surface area contributed by atoms with Crippen molar-refractivity contribution in [1.29, 1.82) is 0 Å². The van der Waals surface area contributed by atoms with Crippen molar-refractivity contribution >= 4 is 31.4 Å². The predicted octanol–water partition coefficient (Wildman–Crippen LogP) is 2.99. The lowest BCUT2D eigenvalue weighted by Gasteiger charge is -2.15. The highest BCUT2D eigenvalue weighted by atomic mass is 32.2. The Balaban J connectivity index is 2.04. The van der Waals surface area contributed by atoms with Crippen molar-refractivity contribution < 1.29 is 40.6 Å². The first-order valence-corrected chi connectivity index (χ1v) is 11.6. The number of hydrogen-bond acceptors (Lipinski definition) is 7. The van der Waals surface area contributed by atoms with Crippen molar-refractivity contribution in [2.45, 2.75) is 9.79 Å². The van der Waals surface area contributed by atoms with Crippen molar-refractivity contribution in [3.63, 3.8) is 0 Å². The van der Waals surface area contributed by atoms with Crippen molar-refractivity contribution in [2.24, 2.45) is 0 Å².